The highest BCUT2D eigenvalue weighted by Crippen LogP contribution is 2.36. The van der Waals surface area contributed by atoms with Crippen LogP contribution in [0.5, 0.6) is 0 Å². The first kappa shape index (κ1) is 22.8. The van der Waals surface area contributed by atoms with Crippen molar-refractivity contribution in [2.75, 3.05) is 10.2 Å². The molecule has 168 valence electrons. The number of carbonyl (C=O) groups excluding carboxylic acids is 2. The van der Waals surface area contributed by atoms with E-state index in [1.165, 1.54) is 10.5 Å². The summed E-state index contributed by atoms with van der Waals surface area (Å²) in [6.45, 7) is 10.3. The number of nitrogens with zero attached hydrogens (tertiary/aromatic N) is 1. The Hall–Kier alpha value is -3.37. The lowest BCUT2D eigenvalue weighted by atomic mass is 9.87. The number of hydrogen-bond acceptors (Lipinski definition) is 3. The zero-order valence-corrected chi connectivity index (χ0v) is 20.2. The highest BCUT2D eigenvalue weighted by Gasteiger charge is 2.40. The third-order valence-corrected chi connectivity index (χ3v) is 6.09. The van der Waals surface area contributed by atoms with E-state index in [0.29, 0.717) is 21.8 Å². The van der Waals surface area contributed by atoms with Crippen LogP contribution in [0.2, 0.25) is 5.02 Å². The Kier molecular flexibility index (Phi) is 5.89. The van der Waals surface area contributed by atoms with Crippen LogP contribution < -0.4 is 10.2 Å². The van der Waals surface area contributed by atoms with Gasteiger partial charge in [-0.05, 0) is 71.8 Å². The van der Waals surface area contributed by atoms with Gasteiger partial charge in [0.1, 0.15) is 5.70 Å². The molecule has 0 spiro atoms. The first-order valence-corrected chi connectivity index (χ1v) is 11.3. The van der Waals surface area contributed by atoms with Crippen molar-refractivity contribution >= 4 is 40.4 Å². The number of imide groups is 1. The lowest BCUT2D eigenvalue weighted by Gasteiger charge is -2.20. The Morgan fingerprint density at radius 1 is 0.818 bits per heavy atom. The molecule has 0 aliphatic carbocycles. The van der Waals surface area contributed by atoms with E-state index in [2.05, 4.69) is 26.1 Å². The summed E-state index contributed by atoms with van der Waals surface area (Å²) in [6.07, 6.45) is 0. The van der Waals surface area contributed by atoms with Gasteiger partial charge >= 0.3 is 0 Å². The normalized spacial score (nSPS) is 14.3. The van der Waals surface area contributed by atoms with Crippen molar-refractivity contribution in [3.63, 3.8) is 0 Å². The zero-order valence-electron chi connectivity index (χ0n) is 19.5. The molecule has 3 aromatic rings. The smallest absolute Gasteiger partial charge is 0.282 e. The maximum Gasteiger partial charge on any atom is 0.282 e. The fourth-order valence-electron chi connectivity index (χ4n) is 3.91. The summed E-state index contributed by atoms with van der Waals surface area (Å²) in [5.74, 6) is -0.733. The lowest BCUT2D eigenvalue weighted by Crippen LogP contribution is -2.33. The van der Waals surface area contributed by atoms with Crippen molar-refractivity contribution in [3.8, 4) is 0 Å². The third kappa shape index (κ3) is 4.44. The number of rotatable bonds is 4. The first-order valence-electron chi connectivity index (χ1n) is 10.9. The molecule has 4 nitrogen and oxygen atoms in total. The molecule has 0 aromatic heterocycles. The summed E-state index contributed by atoms with van der Waals surface area (Å²) in [5.41, 5.74) is 5.60. The summed E-state index contributed by atoms with van der Waals surface area (Å²) in [7, 11) is 0. The van der Waals surface area contributed by atoms with Crippen LogP contribution in [0.25, 0.3) is 5.57 Å². The minimum absolute atomic E-state index is 0.0188. The predicted octanol–water partition coefficient (Wildman–Crippen LogP) is 6.65. The van der Waals surface area contributed by atoms with E-state index in [9.17, 15) is 9.59 Å². The number of hydrogen-bond donors (Lipinski definition) is 1. The molecule has 1 N–H and O–H groups in total. The maximum atomic E-state index is 13.6. The maximum absolute atomic E-state index is 13.6. The van der Waals surface area contributed by atoms with Gasteiger partial charge in [-0.25, -0.2) is 4.90 Å². The molecule has 0 unspecified atom stereocenters. The van der Waals surface area contributed by atoms with Crippen LogP contribution >= 0.6 is 11.6 Å². The van der Waals surface area contributed by atoms with E-state index in [0.717, 1.165) is 16.8 Å². The topological polar surface area (TPSA) is 49.4 Å². The van der Waals surface area contributed by atoms with Gasteiger partial charge in [0, 0.05) is 10.7 Å². The molecule has 5 heteroatoms. The van der Waals surface area contributed by atoms with Crippen LogP contribution in [0.1, 0.15) is 43.0 Å². The summed E-state index contributed by atoms with van der Waals surface area (Å²) in [4.78, 5) is 28.5. The van der Waals surface area contributed by atoms with E-state index in [-0.39, 0.29) is 22.9 Å². The monoisotopic (exact) mass is 458 g/mol. The summed E-state index contributed by atoms with van der Waals surface area (Å²) >= 11 is 6.07. The molecule has 2 amide bonds. The number of halogens is 1. The molecule has 1 aliphatic heterocycles. The standard InChI is InChI=1S/C28H27ClN2O2/c1-17-6-7-18(2)23(16-17)31-26(32)24(19-8-12-21(29)13-9-19)25(27(31)33)30-22-14-10-20(11-15-22)28(3,4)5/h6-16,30H,1-5H3. The summed E-state index contributed by atoms with van der Waals surface area (Å²) in [5, 5.41) is 3.80. The highest BCUT2D eigenvalue weighted by molar-refractivity contribution is 6.46. The SMILES string of the molecule is Cc1ccc(C)c(N2C(=O)C(Nc3ccc(C(C)(C)C)cc3)=C(c3ccc(Cl)cc3)C2=O)c1. The minimum Gasteiger partial charge on any atom is -0.350 e. The van der Waals surface area contributed by atoms with E-state index in [1.54, 1.807) is 24.3 Å². The molecular formula is C28H27ClN2O2. The summed E-state index contributed by atoms with van der Waals surface area (Å²) in [6, 6.07) is 20.7. The number of anilines is 2. The van der Waals surface area contributed by atoms with E-state index in [4.69, 9.17) is 11.6 Å². The fourth-order valence-corrected chi connectivity index (χ4v) is 4.03. The van der Waals surface area contributed by atoms with Crippen molar-refractivity contribution in [1.29, 1.82) is 0 Å². The van der Waals surface area contributed by atoms with Gasteiger partial charge in [0.05, 0.1) is 11.3 Å². The van der Waals surface area contributed by atoms with Gasteiger partial charge in [0.15, 0.2) is 0 Å². The Morgan fingerprint density at radius 2 is 1.45 bits per heavy atom. The Labute approximate surface area is 199 Å². The average Bonchev–Trinajstić information content (AvgIpc) is 3.00. The molecule has 0 saturated carbocycles. The quantitative estimate of drug-likeness (QED) is 0.445. The minimum atomic E-state index is -0.376. The molecule has 1 aliphatic rings. The molecule has 0 radical (unpaired) electrons. The van der Waals surface area contributed by atoms with Crippen LogP contribution in [0.3, 0.4) is 0 Å². The van der Waals surface area contributed by atoms with Crippen LogP contribution in [-0.2, 0) is 15.0 Å². The molecule has 0 atom stereocenters. The van der Waals surface area contributed by atoms with Crippen molar-refractivity contribution in [2.24, 2.45) is 0 Å². The van der Waals surface area contributed by atoms with E-state index in [1.807, 2.05) is 56.3 Å². The second kappa shape index (κ2) is 8.53. The second-order valence-electron chi connectivity index (χ2n) is 9.44. The van der Waals surface area contributed by atoms with Crippen molar-refractivity contribution in [1.82, 2.24) is 0 Å². The molecule has 1 heterocycles. The van der Waals surface area contributed by atoms with Gasteiger partial charge in [0.25, 0.3) is 11.8 Å². The van der Waals surface area contributed by atoms with Gasteiger partial charge in [-0.3, -0.25) is 9.59 Å². The zero-order chi connectivity index (χ0) is 23.9. The number of carbonyl (C=O) groups is 2. The molecule has 4 rings (SSSR count). The van der Waals surface area contributed by atoms with Crippen LogP contribution in [0, 0.1) is 13.8 Å². The number of benzene rings is 3. The van der Waals surface area contributed by atoms with Gasteiger partial charge in [0.2, 0.25) is 0 Å². The van der Waals surface area contributed by atoms with Gasteiger partial charge in [-0.15, -0.1) is 0 Å². The van der Waals surface area contributed by atoms with Gasteiger partial charge < -0.3 is 5.32 Å². The van der Waals surface area contributed by atoms with E-state index >= 15 is 0 Å². The fraction of sp³-hybridized carbons (Fsp3) is 0.214. The van der Waals surface area contributed by atoms with Crippen LogP contribution in [0.4, 0.5) is 11.4 Å². The molecule has 0 saturated heterocycles. The Balaban J connectivity index is 1.80. The molecular weight excluding hydrogens is 432 g/mol. The van der Waals surface area contributed by atoms with Crippen LogP contribution in [0.15, 0.2) is 72.4 Å². The second-order valence-corrected chi connectivity index (χ2v) is 9.88. The molecule has 0 bridgehead atoms. The average molecular weight is 459 g/mol. The van der Waals surface area contributed by atoms with Gasteiger partial charge in [-0.2, -0.15) is 0 Å². The molecule has 33 heavy (non-hydrogen) atoms. The number of amides is 2. The van der Waals surface area contributed by atoms with Gasteiger partial charge in [-0.1, -0.05) is 68.8 Å². The largest absolute Gasteiger partial charge is 0.350 e. The molecule has 3 aromatic carbocycles. The van der Waals surface area contributed by atoms with Crippen molar-refractivity contribution < 1.29 is 9.59 Å². The molecule has 0 fully saturated rings. The highest BCUT2D eigenvalue weighted by atomic mass is 35.5. The number of nitrogens with one attached hydrogen (secondary N) is 1. The van der Waals surface area contributed by atoms with Crippen LogP contribution in [-0.4, -0.2) is 11.8 Å². The number of aryl methyl sites for hydroxylation is 2. The Bertz CT molecular complexity index is 1270. The third-order valence-electron chi connectivity index (χ3n) is 5.84. The summed E-state index contributed by atoms with van der Waals surface area (Å²) < 4.78 is 0. The predicted molar refractivity (Wildman–Crippen MR) is 136 cm³/mol. The van der Waals surface area contributed by atoms with Crippen molar-refractivity contribution in [2.45, 2.75) is 40.0 Å². The van der Waals surface area contributed by atoms with Crippen molar-refractivity contribution in [3.05, 3.63) is 99.7 Å². The van der Waals surface area contributed by atoms with E-state index < -0.39 is 0 Å². The first-order chi connectivity index (χ1) is 15.6. The lowest BCUT2D eigenvalue weighted by molar-refractivity contribution is -0.120. The Morgan fingerprint density at radius 3 is 2.06 bits per heavy atom.